The zero-order chi connectivity index (χ0) is 9.47. The number of H-pyrrole nitrogens is 1. The number of pyridine rings is 1. The number of rotatable bonds is 1. The third-order valence-electron chi connectivity index (χ3n) is 2.11. The van der Waals surface area contributed by atoms with Crippen molar-refractivity contribution in [3.63, 3.8) is 0 Å². The predicted octanol–water partition coefficient (Wildman–Crippen LogP) is 2.73. The van der Waals surface area contributed by atoms with Crippen molar-refractivity contribution in [1.29, 1.82) is 0 Å². The molecule has 13 heavy (non-hydrogen) atoms. The van der Waals surface area contributed by atoms with Crippen LogP contribution in [0.2, 0.25) is 0 Å². The van der Waals surface area contributed by atoms with Crippen molar-refractivity contribution >= 4 is 23.7 Å². The standard InChI is InChI=1S/C10H12N2S/c1-10(2,13)8-5-7-3-4-11-9(7)12-6-8/h3-6,13H,1-2H3,(H,11,12). The van der Waals surface area contributed by atoms with Gasteiger partial charge in [0.15, 0.2) is 0 Å². The van der Waals surface area contributed by atoms with E-state index in [4.69, 9.17) is 0 Å². The minimum atomic E-state index is -0.127. The maximum absolute atomic E-state index is 4.50. The Morgan fingerprint density at radius 1 is 1.46 bits per heavy atom. The van der Waals surface area contributed by atoms with Crippen molar-refractivity contribution in [1.82, 2.24) is 9.97 Å². The SMILES string of the molecule is CC(C)(S)c1cnc2[nH]ccc2c1. The summed E-state index contributed by atoms with van der Waals surface area (Å²) in [5.74, 6) is 0. The molecule has 0 saturated carbocycles. The molecular weight excluding hydrogens is 180 g/mol. The van der Waals surface area contributed by atoms with Crippen LogP contribution in [-0.4, -0.2) is 9.97 Å². The first-order valence-corrected chi connectivity index (χ1v) is 4.68. The van der Waals surface area contributed by atoms with Crippen LogP contribution in [0.1, 0.15) is 19.4 Å². The van der Waals surface area contributed by atoms with Gasteiger partial charge in [0.2, 0.25) is 0 Å². The molecule has 1 N–H and O–H groups in total. The second-order valence-electron chi connectivity index (χ2n) is 3.70. The second kappa shape index (κ2) is 2.77. The third kappa shape index (κ3) is 1.56. The lowest BCUT2D eigenvalue weighted by molar-refractivity contribution is 0.787. The lowest BCUT2D eigenvalue weighted by atomic mass is 10.0. The van der Waals surface area contributed by atoms with Gasteiger partial charge in [-0.2, -0.15) is 12.6 Å². The van der Waals surface area contributed by atoms with Crippen molar-refractivity contribution in [2.45, 2.75) is 18.6 Å². The lowest BCUT2D eigenvalue weighted by Crippen LogP contribution is -2.07. The summed E-state index contributed by atoms with van der Waals surface area (Å²) in [6.07, 6.45) is 3.76. The van der Waals surface area contributed by atoms with Gasteiger partial charge in [-0.25, -0.2) is 4.98 Å². The summed E-state index contributed by atoms with van der Waals surface area (Å²) in [4.78, 5) is 7.37. The van der Waals surface area contributed by atoms with Crippen LogP contribution in [0, 0.1) is 0 Å². The van der Waals surface area contributed by atoms with Gasteiger partial charge in [0.05, 0.1) is 0 Å². The maximum atomic E-state index is 4.50. The molecule has 0 atom stereocenters. The maximum Gasteiger partial charge on any atom is 0.137 e. The largest absolute Gasteiger partial charge is 0.346 e. The molecule has 2 aromatic rings. The van der Waals surface area contributed by atoms with Crippen LogP contribution in [0.3, 0.4) is 0 Å². The van der Waals surface area contributed by atoms with Gasteiger partial charge in [-0.15, -0.1) is 0 Å². The quantitative estimate of drug-likeness (QED) is 0.668. The Balaban J connectivity index is 2.61. The first-order valence-electron chi connectivity index (χ1n) is 4.23. The van der Waals surface area contributed by atoms with Crippen LogP contribution in [-0.2, 0) is 4.75 Å². The number of thiol groups is 1. The highest BCUT2D eigenvalue weighted by atomic mass is 32.1. The lowest BCUT2D eigenvalue weighted by Gasteiger charge is -2.16. The summed E-state index contributed by atoms with van der Waals surface area (Å²) in [6, 6.07) is 4.14. The summed E-state index contributed by atoms with van der Waals surface area (Å²) in [5.41, 5.74) is 2.07. The van der Waals surface area contributed by atoms with E-state index < -0.39 is 0 Å². The summed E-state index contributed by atoms with van der Waals surface area (Å²) in [6.45, 7) is 4.12. The number of nitrogens with one attached hydrogen (secondary N) is 1. The smallest absolute Gasteiger partial charge is 0.137 e. The molecule has 2 heterocycles. The van der Waals surface area contributed by atoms with Crippen LogP contribution in [0.15, 0.2) is 24.5 Å². The molecule has 3 heteroatoms. The number of aromatic amines is 1. The molecule has 0 spiro atoms. The number of aromatic nitrogens is 2. The van der Waals surface area contributed by atoms with Gasteiger partial charge < -0.3 is 4.98 Å². The number of hydrogen-bond donors (Lipinski definition) is 2. The number of nitrogens with zero attached hydrogens (tertiary/aromatic N) is 1. The second-order valence-corrected chi connectivity index (χ2v) is 4.82. The molecule has 0 fully saturated rings. The van der Waals surface area contributed by atoms with Gasteiger partial charge in [0.25, 0.3) is 0 Å². The Kier molecular flexibility index (Phi) is 1.84. The first kappa shape index (κ1) is 8.63. The minimum Gasteiger partial charge on any atom is -0.346 e. The molecular formula is C10H12N2S. The van der Waals surface area contributed by atoms with Crippen LogP contribution in [0.5, 0.6) is 0 Å². The molecule has 2 nitrogen and oxygen atoms in total. The zero-order valence-electron chi connectivity index (χ0n) is 7.70. The molecule has 0 aromatic carbocycles. The topological polar surface area (TPSA) is 28.7 Å². The van der Waals surface area contributed by atoms with E-state index in [1.165, 1.54) is 0 Å². The van der Waals surface area contributed by atoms with E-state index in [9.17, 15) is 0 Å². The van der Waals surface area contributed by atoms with Gasteiger partial charge in [-0.1, -0.05) is 0 Å². The van der Waals surface area contributed by atoms with Crippen molar-refractivity contribution in [3.8, 4) is 0 Å². The molecule has 0 bridgehead atoms. The fourth-order valence-corrected chi connectivity index (χ4v) is 1.40. The molecule has 0 amide bonds. The van der Waals surface area contributed by atoms with Crippen molar-refractivity contribution in [3.05, 3.63) is 30.1 Å². The van der Waals surface area contributed by atoms with Gasteiger partial charge in [-0.05, 0) is 31.5 Å². The summed E-state index contributed by atoms with van der Waals surface area (Å²) in [5, 5.41) is 1.14. The Morgan fingerprint density at radius 3 is 2.92 bits per heavy atom. The first-order chi connectivity index (χ1) is 6.07. The van der Waals surface area contributed by atoms with E-state index in [1.54, 1.807) is 0 Å². The number of fused-ring (bicyclic) bond motifs is 1. The van der Waals surface area contributed by atoms with Crippen molar-refractivity contribution in [2.75, 3.05) is 0 Å². The van der Waals surface area contributed by atoms with Crippen molar-refractivity contribution in [2.24, 2.45) is 0 Å². The predicted molar refractivity (Wildman–Crippen MR) is 58.1 cm³/mol. The normalized spacial score (nSPS) is 12.2. The van der Waals surface area contributed by atoms with Gasteiger partial charge in [0.1, 0.15) is 5.65 Å². The highest BCUT2D eigenvalue weighted by molar-refractivity contribution is 7.81. The molecule has 0 aliphatic carbocycles. The zero-order valence-corrected chi connectivity index (χ0v) is 8.60. The molecule has 0 unspecified atom stereocenters. The van der Waals surface area contributed by atoms with Gasteiger partial charge in [0, 0.05) is 22.5 Å². The highest BCUT2D eigenvalue weighted by Crippen LogP contribution is 2.27. The molecule has 2 aromatic heterocycles. The van der Waals surface area contributed by atoms with Gasteiger partial charge >= 0.3 is 0 Å². The van der Waals surface area contributed by atoms with Crippen LogP contribution >= 0.6 is 12.6 Å². The summed E-state index contributed by atoms with van der Waals surface area (Å²) >= 11 is 4.50. The summed E-state index contributed by atoms with van der Waals surface area (Å²) < 4.78 is -0.127. The highest BCUT2D eigenvalue weighted by Gasteiger charge is 2.15. The van der Waals surface area contributed by atoms with Gasteiger partial charge in [-0.3, -0.25) is 0 Å². The van der Waals surface area contributed by atoms with E-state index in [1.807, 2.05) is 18.5 Å². The molecule has 0 aliphatic rings. The molecule has 0 saturated heterocycles. The van der Waals surface area contributed by atoms with E-state index in [0.29, 0.717) is 0 Å². The molecule has 2 rings (SSSR count). The molecule has 68 valence electrons. The van der Waals surface area contributed by atoms with E-state index >= 15 is 0 Å². The monoisotopic (exact) mass is 192 g/mol. The van der Waals surface area contributed by atoms with Crippen molar-refractivity contribution < 1.29 is 0 Å². The Morgan fingerprint density at radius 2 is 2.23 bits per heavy atom. The van der Waals surface area contributed by atoms with E-state index in [-0.39, 0.29) is 4.75 Å². The average Bonchev–Trinajstić information content (AvgIpc) is 2.47. The van der Waals surface area contributed by atoms with Crippen LogP contribution in [0.25, 0.3) is 11.0 Å². The Labute approximate surface area is 82.8 Å². The van der Waals surface area contributed by atoms with E-state index in [2.05, 4.69) is 42.5 Å². The fourth-order valence-electron chi connectivity index (χ4n) is 1.27. The number of hydrogen-bond acceptors (Lipinski definition) is 2. The van der Waals surface area contributed by atoms with Crippen LogP contribution in [0.4, 0.5) is 0 Å². The van der Waals surface area contributed by atoms with E-state index in [0.717, 1.165) is 16.6 Å². The minimum absolute atomic E-state index is 0.127. The Hall–Kier alpha value is -0.960. The third-order valence-corrected chi connectivity index (χ3v) is 2.36. The Bertz CT molecular complexity index is 426. The molecule has 0 radical (unpaired) electrons. The average molecular weight is 192 g/mol. The van der Waals surface area contributed by atoms with Crippen LogP contribution < -0.4 is 0 Å². The fraction of sp³-hybridized carbons (Fsp3) is 0.300. The summed E-state index contributed by atoms with van der Waals surface area (Å²) in [7, 11) is 0. The molecule has 0 aliphatic heterocycles.